The molecule has 0 spiro atoms. The van der Waals surface area contributed by atoms with Gasteiger partial charge in [0.05, 0.1) is 5.52 Å². The summed E-state index contributed by atoms with van der Waals surface area (Å²) in [6.45, 7) is 0. The minimum Gasteiger partial charge on any atom is -0.266 e. The highest BCUT2D eigenvalue weighted by molar-refractivity contribution is 7.17. The van der Waals surface area contributed by atoms with Crippen molar-refractivity contribution in [3.8, 4) is 6.07 Å². The Kier molecular flexibility index (Phi) is 1.44. The van der Waals surface area contributed by atoms with Crippen LogP contribution in [-0.2, 0) is 0 Å². The first-order valence-corrected chi connectivity index (χ1v) is 4.93. The minimum atomic E-state index is -0.321. The number of hydrogen-bond donors (Lipinski definition) is 1. The Morgan fingerprint density at radius 2 is 2.47 bits per heavy atom. The van der Waals surface area contributed by atoms with E-state index in [0.717, 1.165) is 0 Å². The van der Waals surface area contributed by atoms with Crippen LogP contribution < -0.4 is 5.56 Å². The second-order valence-corrected chi connectivity index (χ2v) is 3.80. The summed E-state index contributed by atoms with van der Waals surface area (Å²) >= 11 is 1.32. The Bertz CT molecular complexity index is 759. The largest absolute Gasteiger partial charge is 0.291 e. The monoisotopic (exact) mass is 217 g/mol. The molecule has 0 amide bonds. The Morgan fingerprint density at radius 1 is 1.60 bits per heavy atom. The Morgan fingerprint density at radius 3 is 3.27 bits per heavy atom. The highest BCUT2D eigenvalue weighted by Gasteiger charge is 2.11. The van der Waals surface area contributed by atoms with Crippen LogP contribution in [0.15, 0.2) is 16.2 Å². The topological polar surface area (TPSA) is 86.8 Å². The fraction of sp³-hybridized carbons (Fsp3) is 0. The lowest BCUT2D eigenvalue weighted by atomic mass is 10.4. The molecule has 0 saturated carbocycles. The van der Waals surface area contributed by atoms with Gasteiger partial charge in [-0.05, 0) is 11.4 Å². The summed E-state index contributed by atoms with van der Waals surface area (Å²) in [5.74, 6) is 0. The van der Waals surface area contributed by atoms with Crippen molar-refractivity contribution in [2.24, 2.45) is 0 Å². The van der Waals surface area contributed by atoms with E-state index in [1.807, 2.05) is 6.07 Å². The van der Waals surface area contributed by atoms with E-state index in [9.17, 15) is 4.79 Å². The zero-order valence-corrected chi connectivity index (χ0v) is 8.08. The molecule has 1 N–H and O–H groups in total. The number of nitrogens with zero attached hydrogens (tertiary/aromatic N) is 4. The molecule has 3 rings (SSSR count). The molecule has 3 aromatic heterocycles. The third-order valence-corrected chi connectivity index (χ3v) is 2.97. The molecule has 6 nitrogen and oxygen atoms in total. The van der Waals surface area contributed by atoms with E-state index in [-0.39, 0.29) is 16.9 Å². The van der Waals surface area contributed by atoms with Crippen LogP contribution in [0.5, 0.6) is 0 Å². The van der Waals surface area contributed by atoms with Gasteiger partial charge in [0.15, 0.2) is 5.65 Å². The molecule has 3 heterocycles. The van der Waals surface area contributed by atoms with Gasteiger partial charge in [-0.25, -0.2) is 9.73 Å². The van der Waals surface area contributed by atoms with Crippen LogP contribution in [0.2, 0.25) is 0 Å². The molecule has 0 bridgehead atoms. The first kappa shape index (κ1) is 8.14. The predicted octanol–water partition coefficient (Wildman–Crippen LogP) is 0.504. The molecule has 0 aromatic carbocycles. The number of thiophene rings is 1. The van der Waals surface area contributed by atoms with Gasteiger partial charge in [0.2, 0.25) is 5.69 Å². The van der Waals surface area contributed by atoms with Crippen LogP contribution in [-0.4, -0.2) is 19.8 Å². The highest BCUT2D eigenvalue weighted by Crippen LogP contribution is 2.17. The lowest BCUT2D eigenvalue weighted by molar-refractivity contribution is 0.872. The number of hydrogen-bond acceptors (Lipinski definition) is 5. The fourth-order valence-electron chi connectivity index (χ4n) is 1.43. The maximum atomic E-state index is 11.6. The van der Waals surface area contributed by atoms with Crippen molar-refractivity contribution in [3.63, 3.8) is 0 Å². The average Bonchev–Trinajstić information content (AvgIpc) is 2.81. The van der Waals surface area contributed by atoms with Crippen molar-refractivity contribution < 1.29 is 0 Å². The second-order valence-electron chi connectivity index (χ2n) is 2.88. The van der Waals surface area contributed by atoms with Crippen LogP contribution in [0.3, 0.4) is 0 Å². The molecule has 0 atom stereocenters. The smallest absolute Gasteiger partial charge is 0.266 e. The number of rotatable bonds is 0. The molecule has 0 saturated heterocycles. The Balaban J connectivity index is 2.69. The number of fused-ring (bicyclic) bond motifs is 3. The highest BCUT2D eigenvalue weighted by atomic mass is 32.1. The van der Waals surface area contributed by atoms with Gasteiger partial charge >= 0.3 is 0 Å². The molecule has 72 valence electrons. The normalized spacial score (nSPS) is 10.9. The van der Waals surface area contributed by atoms with Gasteiger partial charge in [-0.15, -0.1) is 16.4 Å². The first-order valence-electron chi connectivity index (χ1n) is 4.05. The summed E-state index contributed by atoms with van der Waals surface area (Å²) in [5.41, 5.74) is 0.774. The molecule has 7 heteroatoms. The van der Waals surface area contributed by atoms with Crippen LogP contribution in [0, 0.1) is 11.3 Å². The van der Waals surface area contributed by atoms with E-state index in [2.05, 4.69) is 15.3 Å². The van der Waals surface area contributed by atoms with Crippen LogP contribution >= 0.6 is 11.3 Å². The molecule has 15 heavy (non-hydrogen) atoms. The Hall–Kier alpha value is -2.20. The molecule has 0 aliphatic rings. The standard InChI is InChI=1S/C8H3N5OS/c9-3-4-7-10-8(14)6-5(1-2-15-6)13(7)12-11-4/h1-2,12H. The quantitative estimate of drug-likeness (QED) is 0.594. The third kappa shape index (κ3) is 0.936. The van der Waals surface area contributed by atoms with E-state index < -0.39 is 0 Å². The maximum Gasteiger partial charge on any atom is 0.291 e. The van der Waals surface area contributed by atoms with E-state index in [4.69, 9.17) is 5.26 Å². The molecule has 0 unspecified atom stereocenters. The van der Waals surface area contributed by atoms with Crippen molar-refractivity contribution in [3.05, 3.63) is 27.5 Å². The van der Waals surface area contributed by atoms with Gasteiger partial charge in [-0.2, -0.15) is 10.2 Å². The van der Waals surface area contributed by atoms with Crippen molar-refractivity contribution in [1.29, 1.82) is 5.26 Å². The summed E-state index contributed by atoms with van der Waals surface area (Å²) in [5, 5.41) is 17.0. The summed E-state index contributed by atoms with van der Waals surface area (Å²) in [7, 11) is 0. The lowest BCUT2D eigenvalue weighted by Gasteiger charge is -1.92. The zero-order valence-electron chi connectivity index (χ0n) is 7.26. The van der Waals surface area contributed by atoms with Crippen LogP contribution in [0.25, 0.3) is 15.9 Å². The third-order valence-electron chi connectivity index (χ3n) is 2.08. The molecule has 0 radical (unpaired) electrons. The predicted molar refractivity (Wildman–Crippen MR) is 53.7 cm³/mol. The molecule has 0 aliphatic carbocycles. The van der Waals surface area contributed by atoms with Crippen LogP contribution in [0.1, 0.15) is 5.69 Å². The molecule has 0 aliphatic heterocycles. The van der Waals surface area contributed by atoms with Crippen molar-refractivity contribution in [2.45, 2.75) is 0 Å². The van der Waals surface area contributed by atoms with Crippen LogP contribution in [0.4, 0.5) is 0 Å². The lowest BCUT2D eigenvalue weighted by Crippen LogP contribution is -2.08. The summed E-state index contributed by atoms with van der Waals surface area (Å²) in [6.07, 6.45) is 0. The van der Waals surface area contributed by atoms with Gasteiger partial charge in [0.25, 0.3) is 5.56 Å². The van der Waals surface area contributed by atoms with Crippen molar-refractivity contribution in [1.82, 2.24) is 19.8 Å². The average molecular weight is 217 g/mol. The minimum absolute atomic E-state index is 0.125. The number of nitrogens with one attached hydrogen (secondary N) is 1. The van der Waals surface area contributed by atoms with Gasteiger partial charge in [-0.1, -0.05) is 0 Å². The van der Waals surface area contributed by atoms with E-state index in [1.165, 1.54) is 15.9 Å². The zero-order chi connectivity index (χ0) is 10.4. The Labute approximate surface area is 86.4 Å². The number of nitriles is 1. The van der Waals surface area contributed by atoms with E-state index >= 15 is 0 Å². The second kappa shape index (κ2) is 2.65. The van der Waals surface area contributed by atoms with E-state index in [0.29, 0.717) is 10.2 Å². The first-order chi connectivity index (χ1) is 7.31. The van der Waals surface area contributed by atoms with Crippen molar-refractivity contribution >= 4 is 27.2 Å². The molecule has 0 fully saturated rings. The number of H-pyrrole nitrogens is 1. The molecule has 3 aromatic rings. The van der Waals surface area contributed by atoms with E-state index in [1.54, 1.807) is 11.4 Å². The summed E-state index contributed by atoms with van der Waals surface area (Å²) < 4.78 is 2.09. The SMILES string of the molecule is N#Cc1n[nH]n2c1nc(=O)c1sccc12. The maximum absolute atomic E-state index is 11.6. The molecular weight excluding hydrogens is 214 g/mol. The van der Waals surface area contributed by atoms with Gasteiger partial charge in [0.1, 0.15) is 10.8 Å². The molecular formula is C8H3N5OS. The van der Waals surface area contributed by atoms with Crippen molar-refractivity contribution in [2.75, 3.05) is 0 Å². The number of aromatic nitrogens is 4. The van der Waals surface area contributed by atoms with Gasteiger partial charge in [-0.3, -0.25) is 4.79 Å². The number of aromatic amines is 1. The van der Waals surface area contributed by atoms with Gasteiger partial charge in [0, 0.05) is 0 Å². The summed E-state index contributed by atoms with van der Waals surface area (Å²) in [6, 6.07) is 3.66. The summed E-state index contributed by atoms with van der Waals surface area (Å²) in [4.78, 5) is 15.4. The van der Waals surface area contributed by atoms with Gasteiger partial charge < -0.3 is 0 Å². The fourth-order valence-corrected chi connectivity index (χ4v) is 2.19.